The molecule has 0 unspecified atom stereocenters. The van der Waals surface area contributed by atoms with Crippen molar-refractivity contribution in [3.8, 4) is 6.07 Å². The summed E-state index contributed by atoms with van der Waals surface area (Å²) in [6.07, 6.45) is 7.32. The van der Waals surface area contributed by atoms with Crippen LogP contribution in [-0.2, 0) is 9.47 Å². The van der Waals surface area contributed by atoms with Crippen LogP contribution in [0.3, 0.4) is 0 Å². The van der Waals surface area contributed by atoms with Crippen LogP contribution >= 0.6 is 0 Å². The lowest BCUT2D eigenvalue weighted by Crippen LogP contribution is -2.28. The third kappa shape index (κ3) is 6.65. The SMILES string of the molecule is CC(C)(CCCCC#N)CO[C@H]1CCCCO1. The zero-order valence-electron chi connectivity index (χ0n) is 11.2. The standard InChI is InChI=1S/C14H25NO2/c1-14(2,9-5-3-6-10-15)12-17-13-8-4-7-11-16-13/h13H,3-9,11-12H2,1-2H3/t13-/m0/s1. The first-order chi connectivity index (χ1) is 8.14. The maximum atomic E-state index is 8.48. The van der Waals surface area contributed by atoms with Crippen LogP contribution in [0.1, 0.15) is 58.8 Å². The predicted octanol–water partition coefficient (Wildman–Crippen LogP) is 3.64. The van der Waals surface area contributed by atoms with Gasteiger partial charge >= 0.3 is 0 Å². The summed E-state index contributed by atoms with van der Waals surface area (Å²) in [6.45, 7) is 6.04. The molecule has 0 aliphatic carbocycles. The van der Waals surface area contributed by atoms with E-state index >= 15 is 0 Å². The molecule has 1 fully saturated rings. The summed E-state index contributed by atoms with van der Waals surface area (Å²) in [4.78, 5) is 0. The van der Waals surface area contributed by atoms with E-state index in [1.807, 2.05) is 0 Å². The van der Waals surface area contributed by atoms with Gasteiger partial charge in [0.1, 0.15) is 0 Å². The average Bonchev–Trinajstić information content (AvgIpc) is 2.34. The van der Waals surface area contributed by atoms with Crippen LogP contribution in [0.25, 0.3) is 0 Å². The highest BCUT2D eigenvalue weighted by Gasteiger charge is 2.21. The second kappa shape index (κ2) is 7.68. The van der Waals surface area contributed by atoms with Gasteiger partial charge in [-0.25, -0.2) is 0 Å². The Morgan fingerprint density at radius 1 is 1.35 bits per heavy atom. The zero-order valence-corrected chi connectivity index (χ0v) is 11.2. The first kappa shape index (κ1) is 14.5. The minimum Gasteiger partial charge on any atom is -0.353 e. The maximum Gasteiger partial charge on any atom is 0.157 e. The molecule has 3 heteroatoms. The van der Waals surface area contributed by atoms with Crippen LogP contribution in [0.2, 0.25) is 0 Å². The van der Waals surface area contributed by atoms with Gasteiger partial charge in [-0.05, 0) is 37.5 Å². The minimum absolute atomic E-state index is 0.0159. The van der Waals surface area contributed by atoms with Crippen molar-refractivity contribution in [2.75, 3.05) is 13.2 Å². The van der Waals surface area contributed by atoms with E-state index in [0.717, 1.165) is 45.3 Å². The molecule has 1 aliphatic rings. The zero-order chi connectivity index (χ0) is 12.6. The van der Waals surface area contributed by atoms with Gasteiger partial charge in [0.2, 0.25) is 0 Å². The molecule has 0 radical (unpaired) electrons. The Kier molecular flexibility index (Phi) is 6.54. The fourth-order valence-corrected chi connectivity index (χ4v) is 2.04. The van der Waals surface area contributed by atoms with Crippen molar-refractivity contribution in [3.05, 3.63) is 0 Å². The Bertz CT molecular complexity index is 239. The van der Waals surface area contributed by atoms with E-state index in [-0.39, 0.29) is 11.7 Å². The van der Waals surface area contributed by atoms with E-state index < -0.39 is 0 Å². The third-order valence-electron chi connectivity index (χ3n) is 3.19. The number of unbranched alkanes of at least 4 members (excludes halogenated alkanes) is 2. The molecule has 0 amide bonds. The molecule has 98 valence electrons. The summed E-state index contributed by atoms with van der Waals surface area (Å²) in [5, 5.41) is 8.48. The van der Waals surface area contributed by atoms with Gasteiger partial charge < -0.3 is 9.47 Å². The Balaban J connectivity index is 2.12. The second-order valence-electron chi connectivity index (χ2n) is 5.64. The largest absolute Gasteiger partial charge is 0.353 e. The molecular formula is C14H25NO2. The average molecular weight is 239 g/mol. The number of nitriles is 1. The van der Waals surface area contributed by atoms with Crippen LogP contribution in [0, 0.1) is 16.7 Å². The fraction of sp³-hybridized carbons (Fsp3) is 0.929. The van der Waals surface area contributed by atoms with Crippen molar-refractivity contribution in [1.82, 2.24) is 0 Å². The van der Waals surface area contributed by atoms with E-state index in [1.165, 1.54) is 6.42 Å². The molecule has 0 saturated carbocycles. The molecule has 3 nitrogen and oxygen atoms in total. The highest BCUT2D eigenvalue weighted by Crippen LogP contribution is 2.26. The molecule has 0 bridgehead atoms. The van der Waals surface area contributed by atoms with Crippen molar-refractivity contribution in [2.45, 2.75) is 65.1 Å². The first-order valence-electron chi connectivity index (χ1n) is 6.74. The highest BCUT2D eigenvalue weighted by atomic mass is 16.7. The summed E-state index contributed by atoms with van der Waals surface area (Å²) < 4.78 is 11.4. The van der Waals surface area contributed by atoms with E-state index in [1.54, 1.807) is 0 Å². The molecule has 1 atom stereocenters. The van der Waals surface area contributed by atoms with Gasteiger partial charge in [-0.2, -0.15) is 5.26 Å². The van der Waals surface area contributed by atoms with Crippen molar-refractivity contribution in [3.63, 3.8) is 0 Å². The summed E-state index contributed by atoms with van der Waals surface area (Å²) >= 11 is 0. The van der Waals surface area contributed by atoms with Gasteiger partial charge in [0.15, 0.2) is 6.29 Å². The second-order valence-corrected chi connectivity index (χ2v) is 5.64. The summed E-state index contributed by atoms with van der Waals surface area (Å²) in [5.74, 6) is 0. The maximum absolute atomic E-state index is 8.48. The molecule has 1 rings (SSSR count). The Morgan fingerprint density at radius 2 is 2.18 bits per heavy atom. The van der Waals surface area contributed by atoms with Crippen molar-refractivity contribution < 1.29 is 9.47 Å². The van der Waals surface area contributed by atoms with Gasteiger partial charge in [0, 0.05) is 13.0 Å². The van der Waals surface area contributed by atoms with Gasteiger partial charge in [-0.1, -0.05) is 20.3 Å². The van der Waals surface area contributed by atoms with Crippen molar-refractivity contribution in [2.24, 2.45) is 5.41 Å². The van der Waals surface area contributed by atoms with E-state index in [4.69, 9.17) is 14.7 Å². The van der Waals surface area contributed by atoms with Gasteiger partial charge in [-0.15, -0.1) is 0 Å². The molecule has 17 heavy (non-hydrogen) atoms. The number of rotatable bonds is 7. The molecule has 0 aromatic rings. The van der Waals surface area contributed by atoms with E-state index in [0.29, 0.717) is 6.42 Å². The minimum atomic E-state index is 0.0159. The Morgan fingerprint density at radius 3 is 2.82 bits per heavy atom. The van der Waals surface area contributed by atoms with Crippen LogP contribution in [-0.4, -0.2) is 19.5 Å². The van der Waals surface area contributed by atoms with Crippen molar-refractivity contribution in [1.29, 1.82) is 5.26 Å². The molecule has 1 aliphatic heterocycles. The number of hydrogen-bond acceptors (Lipinski definition) is 3. The molecule has 1 heterocycles. The van der Waals surface area contributed by atoms with Gasteiger partial charge in [0.25, 0.3) is 0 Å². The number of ether oxygens (including phenoxy) is 2. The van der Waals surface area contributed by atoms with Crippen LogP contribution in [0.15, 0.2) is 0 Å². The highest BCUT2D eigenvalue weighted by molar-refractivity contribution is 4.72. The normalized spacial score (nSPS) is 21.1. The van der Waals surface area contributed by atoms with Crippen LogP contribution in [0.5, 0.6) is 0 Å². The van der Waals surface area contributed by atoms with E-state index in [9.17, 15) is 0 Å². The monoisotopic (exact) mass is 239 g/mol. The molecule has 0 aromatic carbocycles. The van der Waals surface area contributed by atoms with Crippen LogP contribution < -0.4 is 0 Å². The summed E-state index contributed by atoms with van der Waals surface area (Å²) in [5.41, 5.74) is 0.191. The lowest BCUT2D eigenvalue weighted by atomic mass is 9.88. The van der Waals surface area contributed by atoms with Gasteiger partial charge in [-0.3, -0.25) is 0 Å². The molecule has 1 saturated heterocycles. The van der Waals surface area contributed by atoms with E-state index in [2.05, 4.69) is 19.9 Å². The number of nitrogens with zero attached hydrogens (tertiary/aromatic N) is 1. The van der Waals surface area contributed by atoms with Gasteiger partial charge in [0.05, 0.1) is 12.7 Å². The summed E-state index contributed by atoms with van der Waals surface area (Å²) in [6, 6.07) is 2.19. The molecule has 0 spiro atoms. The lowest BCUT2D eigenvalue weighted by Gasteiger charge is -2.29. The smallest absolute Gasteiger partial charge is 0.157 e. The lowest BCUT2D eigenvalue weighted by molar-refractivity contribution is -0.176. The molecular weight excluding hydrogens is 214 g/mol. The predicted molar refractivity (Wildman–Crippen MR) is 67.4 cm³/mol. The quantitative estimate of drug-likeness (QED) is 0.637. The Hall–Kier alpha value is -0.590. The number of hydrogen-bond donors (Lipinski definition) is 0. The molecule has 0 N–H and O–H groups in total. The fourth-order valence-electron chi connectivity index (χ4n) is 2.04. The molecule has 0 aromatic heterocycles. The third-order valence-corrected chi connectivity index (χ3v) is 3.19. The summed E-state index contributed by atoms with van der Waals surface area (Å²) in [7, 11) is 0. The first-order valence-corrected chi connectivity index (χ1v) is 6.74. The Labute approximate surface area is 105 Å². The van der Waals surface area contributed by atoms with Crippen molar-refractivity contribution >= 4 is 0 Å². The topological polar surface area (TPSA) is 42.2 Å². The van der Waals surface area contributed by atoms with Crippen LogP contribution in [0.4, 0.5) is 0 Å².